The maximum Gasteiger partial charge on any atom is 0.227 e. The van der Waals surface area contributed by atoms with E-state index in [1.165, 1.54) is 38.2 Å². The molecule has 0 aliphatic rings. The van der Waals surface area contributed by atoms with Crippen molar-refractivity contribution in [2.75, 3.05) is 4.90 Å². The summed E-state index contributed by atoms with van der Waals surface area (Å²) < 4.78 is 6.56. The smallest absolute Gasteiger partial charge is 0.227 e. The monoisotopic (exact) mass is 664 g/mol. The van der Waals surface area contributed by atoms with Crippen molar-refractivity contribution in [3.63, 3.8) is 0 Å². The minimum absolute atomic E-state index is 0.630. The first kappa shape index (κ1) is 29.9. The Bertz CT molecular complexity index is 2880. The molecule has 0 unspecified atom stereocenters. The lowest BCUT2D eigenvalue weighted by Crippen LogP contribution is -2.10. The van der Waals surface area contributed by atoms with Crippen LogP contribution in [-0.4, -0.2) is 4.98 Å². The van der Waals surface area contributed by atoms with Crippen LogP contribution in [0.5, 0.6) is 0 Å². The van der Waals surface area contributed by atoms with Gasteiger partial charge < -0.3 is 9.32 Å². The Morgan fingerprint density at radius 3 is 1.62 bits per heavy atom. The van der Waals surface area contributed by atoms with E-state index in [1.807, 2.05) is 30.3 Å². The van der Waals surface area contributed by atoms with Gasteiger partial charge >= 0.3 is 0 Å². The standard InChI is InChI=1S/C49H32N2O/c1-4-14-33(15-5-1)34-24-26-37(27-25-34)51(36-18-8-3-9-19-36)47-31-29-41(39-21-12-13-23-43(39)47)44-32-45-42(38-20-10-11-22-40(38)44)28-30-46-48(45)52-49(50-46)35-16-6-2-7-17-35/h1-32H. The molecule has 0 bridgehead atoms. The van der Waals surface area contributed by atoms with Gasteiger partial charge in [-0.2, -0.15) is 0 Å². The van der Waals surface area contributed by atoms with E-state index in [0.29, 0.717) is 5.89 Å². The van der Waals surface area contributed by atoms with E-state index in [9.17, 15) is 0 Å². The highest BCUT2D eigenvalue weighted by atomic mass is 16.3. The number of aromatic nitrogens is 1. The molecular weight excluding hydrogens is 633 g/mol. The maximum atomic E-state index is 6.56. The molecular formula is C49H32N2O. The van der Waals surface area contributed by atoms with Crippen LogP contribution in [-0.2, 0) is 0 Å². The molecule has 0 spiro atoms. The number of hydrogen-bond acceptors (Lipinski definition) is 3. The van der Waals surface area contributed by atoms with Gasteiger partial charge in [-0.3, -0.25) is 0 Å². The predicted octanol–water partition coefficient (Wildman–Crippen LogP) is 13.8. The van der Waals surface area contributed by atoms with Gasteiger partial charge in [0.15, 0.2) is 5.58 Å². The molecule has 10 aromatic rings. The van der Waals surface area contributed by atoms with Crippen molar-refractivity contribution in [3.8, 4) is 33.7 Å². The van der Waals surface area contributed by atoms with Gasteiger partial charge in [0.05, 0.1) is 5.69 Å². The lowest BCUT2D eigenvalue weighted by molar-refractivity contribution is 0.623. The van der Waals surface area contributed by atoms with Gasteiger partial charge in [-0.1, -0.05) is 140 Å². The highest BCUT2D eigenvalue weighted by Gasteiger charge is 2.20. The fourth-order valence-corrected chi connectivity index (χ4v) is 7.64. The zero-order chi connectivity index (χ0) is 34.4. The van der Waals surface area contributed by atoms with Crippen LogP contribution in [0.2, 0.25) is 0 Å². The molecule has 0 aliphatic carbocycles. The largest absolute Gasteiger partial charge is 0.435 e. The summed E-state index contributed by atoms with van der Waals surface area (Å²) in [5, 5.41) is 6.94. The number of oxazole rings is 1. The second-order valence-electron chi connectivity index (χ2n) is 13.1. The summed E-state index contributed by atoms with van der Waals surface area (Å²) in [6.45, 7) is 0. The van der Waals surface area contributed by atoms with Crippen molar-refractivity contribution >= 4 is 60.5 Å². The van der Waals surface area contributed by atoms with Crippen molar-refractivity contribution in [3.05, 3.63) is 194 Å². The topological polar surface area (TPSA) is 29.3 Å². The van der Waals surface area contributed by atoms with Crippen LogP contribution in [0.1, 0.15) is 0 Å². The molecule has 10 rings (SSSR count). The second kappa shape index (κ2) is 12.4. The van der Waals surface area contributed by atoms with Gasteiger partial charge in [0, 0.05) is 27.7 Å². The average Bonchev–Trinajstić information content (AvgIpc) is 3.67. The average molecular weight is 665 g/mol. The van der Waals surface area contributed by atoms with Gasteiger partial charge in [-0.15, -0.1) is 0 Å². The summed E-state index contributed by atoms with van der Waals surface area (Å²) in [5.74, 6) is 0.630. The summed E-state index contributed by atoms with van der Waals surface area (Å²) >= 11 is 0. The van der Waals surface area contributed by atoms with Crippen LogP contribution in [0.25, 0.3) is 77.1 Å². The predicted molar refractivity (Wildman–Crippen MR) is 218 cm³/mol. The van der Waals surface area contributed by atoms with Crippen molar-refractivity contribution in [2.24, 2.45) is 0 Å². The van der Waals surface area contributed by atoms with Gasteiger partial charge in [-0.05, 0) is 98.4 Å². The Labute approximate surface area is 301 Å². The van der Waals surface area contributed by atoms with Crippen LogP contribution in [0.3, 0.4) is 0 Å². The molecule has 0 N–H and O–H groups in total. The number of rotatable bonds is 6. The Morgan fingerprint density at radius 1 is 0.365 bits per heavy atom. The quantitative estimate of drug-likeness (QED) is 0.166. The minimum atomic E-state index is 0.630. The lowest BCUT2D eigenvalue weighted by Gasteiger charge is -2.28. The lowest BCUT2D eigenvalue weighted by atomic mass is 9.90. The van der Waals surface area contributed by atoms with E-state index in [4.69, 9.17) is 9.40 Å². The van der Waals surface area contributed by atoms with Crippen molar-refractivity contribution in [1.82, 2.24) is 4.98 Å². The summed E-state index contributed by atoms with van der Waals surface area (Å²) in [6.07, 6.45) is 0. The first-order chi connectivity index (χ1) is 25.8. The third-order valence-corrected chi connectivity index (χ3v) is 10.1. The molecule has 0 fully saturated rings. The van der Waals surface area contributed by atoms with Crippen LogP contribution < -0.4 is 4.90 Å². The SMILES string of the molecule is c1ccc(-c2ccc(N(c3ccccc3)c3ccc(-c4cc5c(ccc6nc(-c7ccccc7)oc65)c5ccccc45)c4ccccc34)cc2)cc1. The number of fused-ring (bicyclic) bond motifs is 6. The molecule has 0 saturated heterocycles. The van der Waals surface area contributed by atoms with Crippen LogP contribution in [0.15, 0.2) is 199 Å². The van der Waals surface area contributed by atoms with Crippen molar-refractivity contribution < 1.29 is 4.42 Å². The molecule has 3 nitrogen and oxygen atoms in total. The zero-order valence-corrected chi connectivity index (χ0v) is 28.3. The number of anilines is 3. The van der Waals surface area contributed by atoms with Crippen LogP contribution >= 0.6 is 0 Å². The molecule has 0 amide bonds. The van der Waals surface area contributed by atoms with Gasteiger partial charge in [-0.25, -0.2) is 4.98 Å². The normalized spacial score (nSPS) is 11.5. The van der Waals surface area contributed by atoms with E-state index in [0.717, 1.165) is 50.1 Å². The van der Waals surface area contributed by atoms with E-state index < -0.39 is 0 Å². The van der Waals surface area contributed by atoms with Crippen LogP contribution in [0.4, 0.5) is 17.1 Å². The molecule has 0 radical (unpaired) electrons. The highest BCUT2D eigenvalue weighted by Crippen LogP contribution is 2.45. The number of benzene rings is 9. The Hall–Kier alpha value is -6.97. The Kier molecular flexibility index (Phi) is 7.14. The number of para-hydroxylation sites is 1. The van der Waals surface area contributed by atoms with Gasteiger partial charge in [0.2, 0.25) is 5.89 Å². The van der Waals surface area contributed by atoms with E-state index in [-0.39, 0.29) is 0 Å². The van der Waals surface area contributed by atoms with Crippen molar-refractivity contribution in [2.45, 2.75) is 0 Å². The summed E-state index contributed by atoms with van der Waals surface area (Å²) in [4.78, 5) is 7.27. The minimum Gasteiger partial charge on any atom is -0.435 e. The molecule has 9 aromatic carbocycles. The third-order valence-electron chi connectivity index (χ3n) is 10.1. The Balaban J connectivity index is 1.18. The van der Waals surface area contributed by atoms with E-state index in [1.54, 1.807) is 0 Å². The van der Waals surface area contributed by atoms with Gasteiger partial charge in [0.1, 0.15) is 5.52 Å². The summed E-state index contributed by atoms with van der Waals surface area (Å²) in [7, 11) is 0. The van der Waals surface area contributed by atoms with E-state index >= 15 is 0 Å². The van der Waals surface area contributed by atoms with Gasteiger partial charge in [0.25, 0.3) is 0 Å². The molecule has 0 atom stereocenters. The van der Waals surface area contributed by atoms with E-state index in [2.05, 4.69) is 169 Å². The Morgan fingerprint density at radius 2 is 0.904 bits per heavy atom. The molecule has 1 aromatic heterocycles. The highest BCUT2D eigenvalue weighted by molar-refractivity contribution is 6.21. The second-order valence-corrected chi connectivity index (χ2v) is 13.1. The fourth-order valence-electron chi connectivity index (χ4n) is 7.64. The number of hydrogen-bond donors (Lipinski definition) is 0. The molecule has 52 heavy (non-hydrogen) atoms. The zero-order valence-electron chi connectivity index (χ0n) is 28.3. The summed E-state index contributed by atoms with van der Waals surface area (Å²) in [6, 6.07) is 68.8. The molecule has 0 aliphatic heterocycles. The first-order valence-electron chi connectivity index (χ1n) is 17.6. The maximum absolute atomic E-state index is 6.56. The first-order valence-corrected chi connectivity index (χ1v) is 17.6. The third kappa shape index (κ3) is 5.02. The fraction of sp³-hybridized carbons (Fsp3) is 0. The summed E-state index contributed by atoms with van der Waals surface area (Å²) in [5.41, 5.74) is 10.7. The molecule has 1 heterocycles. The van der Waals surface area contributed by atoms with Crippen molar-refractivity contribution in [1.29, 1.82) is 0 Å². The molecule has 0 saturated carbocycles. The molecule has 3 heteroatoms. The number of nitrogens with zero attached hydrogens (tertiary/aromatic N) is 2. The molecule has 244 valence electrons. The van der Waals surface area contributed by atoms with Crippen LogP contribution in [0, 0.1) is 0 Å².